The summed E-state index contributed by atoms with van der Waals surface area (Å²) < 4.78 is 6.42. The number of benzene rings is 1. The lowest BCUT2D eigenvalue weighted by molar-refractivity contribution is 0.199. The van der Waals surface area contributed by atoms with Crippen LogP contribution in [0.5, 0.6) is 0 Å². The van der Waals surface area contributed by atoms with E-state index in [0.717, 1.165) is 24.4 Å². The summed E-state index contributed by atoms with van der Waals surface area (Å²) in [4.78, 5) is 0. The second-order valence-electron chi connectivity index (χ2n) is 8.87. The molecule has 0 bridgehead atoms. The summed E-state index contributed by atoms with van der Waals surface area (Å²) in [5.74, 6) is 2.89. The molecule has 1 aromatic rings. The van der Waals surface area contributed by atoms with Gasteiger partial charge in [-0.3, -0.25) is 0 Å². The zero-order chi connectivity index (χ0) is 18.2. The molecule has 0 radical (unpaired) electrons. The number of halogens is 1. The van der Waals surface area contributed by atoms with Gasteiger partial charge in [-0.1, -0.05) is 71.9 Å². The van der Waals surface area contributed by atoms with Crippen molar-refractivity contribution >= 4 is 24.7 Å². The molecule has 2 aliphatic rings. The van der Waals surface area contributed by atoms with Crippen LogP contribution < -0.4 is 0 Å². The molecular formula is C23H37BrOSi. The summed E-state index contributed by atoms with van der Waals surface area (Å²) >= 11 is 3.55. The number of ether oxygens (including phenoxy) is 1. The molecule has 26 heavy (non-hydrogen) atoms. The van der Waals surface area contributed by atoms with Crippen LogP contribution in [0, 0.1) is 11.8 Å². The van der Waals surface area contributed by atoms with Gasteiger partial charge in [0.15, 0.2) is 0 Å². The topological polar surface area (TPSA) is 9.23 Å². The van der Waals surface area contributed by atoms with E-state index in [1.54, 1.807) is 30.5 Å². The Morgan fingerprint density at radius 2 is 1.54 bits per heavy atom. The Balaban J connectivity index is 1.30. The van der Waals surface area contributed by atoms with Crippen LogP contribution in [0.2, 0.25) is 18.1 Å². The molecule has 3 rings (SSSR count). The van der Waals surface area contributed by atoms with Gasteiger partial charge in [0.1, 0.15) is 0 Å². The highest BCUT2D eigenvalue weighted by Crippen LogP contribution is 2.39. The van der Waals surface area contributed by atoms with Crippen LogP contribution in [0.15, 0.2) is 28.7 Å². The molecular weight excluding hydrogens is 400 g/mol. The molecule has 146 valence electrons. The Morgan fingerprint density at radius 3 is 2.15 bits per heavy atom. The van der Waals surface area contributed by atoms with Crippen LogP contribution in [0.3, 0.4) is 0 Å². The third-order valence-electron chi connectivity index (χ3n) is 7.10. The van der Waals surface area contributed by atoms with Crippen LogP contribution in [-0.2, 0) is 4.74 Å². The molecule has 1 heterocycles. The summed E-state index contributed by atoms with van der Waals surface area (Å²) in [7, 11) is 1.45. The average molecular weight is 438 g/mol. The van der Waals surface area contributed by atoms with Crippen LogP contribution in [0.4, 0.5) is 0 Å². The molecule has 0 spiro atoms. The van der Waals surface area contributed by atoms with Crippen LogP contribution >= 0.6 is 15.9 Å². The minimum Gasteiger partial charge on any atom is -0.385 e. The van der Waals surface area contributed by atoms with E-state index in [2.05, 4.69) is 40.2 Å². The number of hydrogen-bond acceptors (Lipinski definition) is 1. The lowest BCUT2D eigenvalue weighted by atomic mass is 9.76. The van der Waals surface area contributed by atoms with Gasteiger partial charge in [0.2, 0.25) is 0 Å². The van der Waals surface area contributed by atoms with Crippen LogP contribution in [0.25, 0.3) is 0 Å². The van der Waals surface area contributed by atoms with Crippen LogP contribution in [-0.4, -0.2) is 22.5 Å². The molecule has 1 aromatic carbocycles. The maximum atomic E-state index is 5.22. The van der Waals surface area contributed by atoms with E-state index in [9.17, 15) is 0 Å². The monoisotopic (exact) mass is 436 g/mol. The van der Waals surface area contributed by atoms with Crippen molar-refractivity contribution in [1.29, 1.82) is 0 Å². The molecule has 1 saturated carbocycles. The normalized spacial score (nSPS) is 29.6. The minimum atomic E-state index is -0.386. The van der Waals surface area contributed by atoms with E-state index in [1.807, 2.05) is 7.11 Å². The van der Waals surface area contributed by atoms with Crippen molar-refractivity contribution in [3.05, 3.63) is 34.3 Å². The van der Waals surface area contributed by atoms with Crippen molar-refractivity contribution in [2.45, 2.75) is 81.8 Å². The van der Waals surface area contributed by atoms with Gasteiger partial charge in [-0.2, -0.15) is 0 Å². The quantitative estimate of drug-likeness (QED) is 0.309. The van der Waals surface area contributed by atoms with Gasteiger partial charge >= 0.3 is 0 Å². The van der Waals surface area contributed by atoms with Crippen molar-refractivity contribution < 1.29 is 4.74 Å². The van der Waals surface area contributed by atoms with E-state index in [0.29, 0.717) is 0 Å². The lowest BCUT2D eigenvalue weighted by Crippen LogP contribution is -2.22. The molecule has 0 amide bonds. The van der Waals surface area contributed by atoms with Gasteiger partial charge in [0.05, 0.1) is 0 Å². The molecule has 3 heteroatoms. The fourth-order valence-electron chi connectivity index (χ4n) is 5.32. The number of methoxy groups -OCH3 is 1. The summed E-state index contributed by atoms with van der Waals surface area (Å²) in [5.41, 5.74) is 1.56. The lowest BCUT2D eigenvalue weighted by Gasteiger charge is -2.32. The van der Waals surface area contributed by atoms with Gasteiger partial charge in [-0.15, -0.1) is 0 Å². The first-order valence-corrected chi connectivity index (χ1v) is 14.2. The highest BCUT2D eigenvalue weighted by Gasteiger charge is 2.25. The highest BCUT2D eigenvalue weighted by atomic mass is 79.9. The Morgan fingerprint density at radius 1 is 0.923 bits per heavy atom. The maximum Gasteiger partial charge on any atom is 0.0459 e. The average Bonchev–Trinajstić information content (AvgIpc) is 2.69. The van der Waals surface area contributed by atoms with Crippen molar-refractivity contribution in [2.75, 3.05) is 13.7 Å². The van der Waals surface area contributed by atoms with E-state index in [-0.39, 0.29) is 8.80 Å². The Labute approximate surface area is 171 Å². The van der Waals surface area contributed by atoms with Crippen molar-refractivity contribution in [3.8, 4) is 0 Å². The fourth-order valence-corrected chi connectivity index (χ4v) is 9.08. The first-order chi connectivity index (χ1) is 12.7. The van der Waals surface area contributed by atoms with E-state index in [1.165, 1.54) is 55.5 Å². The van der Waals surface area contributed by atoms with E-state index >= 15 is 0 Å². The van der Waals surface area contributed by atoms with E-state index in [4.69, 9.17) is 4.74 Å². The van der Waals surface area contributed by atoms with Crippen molar-refractivity contribution in [2.24, 2.45) is 11.8 Å². The zero-order valence-electron chi connectivity index (χ0n) is 16.6. The van der Waals surface area contributed by atoms with Gasteiger partial charge in [0.25, 0.3) is 0 Å². The number of hydrogen-bond donors (Lipinski definition) is 0. The number of rotatable bonds is 8. The molecule has 2 fully saturated rings. The molecule has 1 nitrogen and oxygen atoms in total. The van der Waals surface area contributed by atoms with Crippen LogP contribution in [0.1, 0.15) is 69.3 Å². The molecule has 1 aliphatic heterocycles. The van der Waals surface area contributed by atoms with Gasteiger partial charge < -0.3 is 4.74 Å². The van der Waals surface area contributed by atoms with Gasteiger partial charge in [-0.25, -0.2) is 0 Å². The minimum absolute atomic E-state index is 0.386. The largest absolute Gasteiger partial charge is 0.385 e. The molecule has 0 aromatic heterocycles. The molecule has 0 unspecified atom stereocenters. The van der Waals surface area contributed by atoms with Crippen molar-refractivity contribution in [3.63, 3.8) is 0 Å². The van der Waals surface area contributed by atoms with E-state index < -0.39 is 0 Å². The SMILES string of the molecule is COCCC[SiH]1CCC(CC[C@H]2CC[C@H](c3ccc(Br)cc3)CC2)CC1. The second-order valence-corrected chi connectivity index (χ2v) is 13.2. The summed E-state index contributed by atoms with van der Waals surface area (Å²) in [5, 5.41) is 0. The predicted octanol–water partition coefficient (Wildman–Crippen LogP) is 7.18. The van der Waals surface area contributed by atoms with Gasteiger partial charge in [0, 0.05) is 27.0 Å². The Hall–Kier alpha value is -0.123. The Kier molecular flexibility index (Phi) is 8.73. The third kappa shape index (κ3) is 6.49. The maximum absolute atomic E-state index is 5.22. The first-order valence-electron chi connectivity index (χ1n) is 11.0. The smallest absolute Gasteiger partial charge is 0.0459 e. The third-order valence-corrected chi connectivity index (χ3v) is 11.2. The Bertz CT molecular complexity index is 501. The van der Waals surface area contributed by atoms with Crippen molar-refractivity contribution in [1.82, 2.24) is 0 Å². The molecule has 1 saturated heterocycles. The molecule has 0 atom stereocenters. The first kappa shape index (κ1) is 20.6. The zero-order valence-corrected chi connectivity index (χ0v) is 19.3. The second kappa shape index (κ2) is 11.0. The predicted molar refractivity (Wildman–Crippen MR) is 119 cm³/mol. The summed E-state index contributed by atoms with van der Waals surface area (Å²) in [6, 6.07) is 13.8. The molecule has 1 aliphatic carbocycles. The summed E-state index contributed by atoms with van der Waals surface area (Å²) in [6.45, 7) is 0.982. The van der Waals surface area contributed by atoms with Gasteiger partial charge in [-0.05, 0) is 67.6 Å². The molecule has 0 N–H and O–H groups in total. The standard InChI is InChI=1S/C23H37BrOSi/c1-25-15-2-16-26-17-13-20(14-18-26)4-3-19-5-7-21(8-6-19)22-9-11-23(24)12-10-22/h9-12,19-21,26H,2-8,13-18H2,1H3/t19-,20?,21-,26?. The fraction of sp³-hybridized carbons (Fsp3) is 0.739. The summed E-state index contributed by atoms with van der Waals surface area (Å²) in [6.07, 6.45) is 13.2. The highest BCUT2D eigenvalue weighted by molar-refractivity contribution is 9.10.